The van der Waals surface area contributed by atoms with Gasteiger partial charge in [0.05, 0.1) is 18.9 Å². The van der Waals surface area contributed by atoms with Gasteiger partial charge in [0.2, 0.25) is 0 Å². The molecule has 2 bridgehead atoms. The average molecular weight is 280 g/mol. The number of hydrogen-bond donors (Lipinski definition) is 1. The van der Waals surface area contributed by atoms with E-state index in [4.69, 9.17) is 16.3 Å². The number of anilines is 1. The minimum atomic E-state index is -0.111. The minimum absolute atomic E-state index is 0.111. The smallest absolute Gasteiger partial charge is 0.291 e. The van der Waals surface area contributed by atoms with Crippen LogP contribution in [0.15, 0.2) is 17.4 Å². The van der Waals surface area contributed by atoms with Crippen molar-refractivity contribution < 1.29 is 4.74 Å². The zero-order chi connectivity index (χ0) is 12.9. The van der Waals surface area contributed by atoms with Crippen LogP contribution in [0, 0.1) is 5.92 Å². The Morgan fingerprint density at radius 2 is 2.37 bits per heavy atom. The van der Waals surface area contributed by atoms with Crippen LogP contribution in [-0.4, -0.2) is 52.7 Å². The molecular weight excluding hydrogens is 266 g/mol. The van der Waals surface area contributed by atoms with Gasteiger partial charge in [-0.25, -0.2) is 15.0 Å². The highest BCUT2D eigenvalue weighted by Crippen LogP contribution is 2.41. The topological polar surface area (TPSA) is 62.6 Å². The lowest BCUT2D eigenvalue weighted by atomic mass is 9.88. The molecule has 2 saturated heterocycles. The Labute approximate surface area is 115 Å². The summed E-state index contributed by atoms with van der Waals surface area (Å²) in [6.45, 7) is 4.06. The molecule has 3 aliphatic heterocycles. The highest BCUT2D eigenvalue weighted by atomic mass is 35.5. The Morgan fingerprint density at radius 1 is 1.42 bits per heavy atom. The molecule has 3 aliphatic rings. The van der Waals surface area contributed by atoms with Gasteiger partial charge in [0.15, 0.2) is 5.82 Å². The van der Waals surface area contributed by atoms with Crippen molar-refractivity contribution in [3.05, 3.63) is 17.5 Å². The van der Waals surface area contributed by atoms with E-state index < -0.39 is 0 Å². The molecule has 19 heavy (non-hydrogen) atoms. The monoisotopic (exact) mass is 279 g/mol. The molecule has 1 unspecified atom stereocenters. The van der Waals surface area contributed by atoms with Crippen LogP contribution in [-0.2, 0) is 4.74 Å². The molecule has 0 radical (unpaired) electrons. The molecule has 0 aromatic carbocycles. The molecule has 1 aromatic heterocycles. The van der Waals surface area contributed by atoms with Crippen molar-refractivity contribution in [3.8, 4) is 0 Å². The van der Waals surface area contributed by atoms with Gasteiger partial charge in [-0.1, -0.05) is 11.6 Å². The van der Waals surface area contributed by atoms with E-state index in [0.29, 0.717) is 22.9 Å². The maximum atomic E-state index is 6.07. The normalized spacial score (nSPS) is 35.5. The molecule has 1 N–H and O–H groups in total. The van der Waals surface area contributed by atoms with Crippen LogP contribution in [0.5, 0.6) is 0 Å². The van der Waals surface area contributed by atoms with E-state index in [1.165, 1.54) is 19.2 Å². The largest absolute Gasteiger partial charge is 0.455 e. The number of nitrogens with zero attached hydrogens (tertiary/aromatic N) is 4. The number of amidine groups is 1. The van der Waals surface area contributed by atoms with E-state index >= 15 is 0 Å². The lowest BCUT2D eigenvalue weighted by Crippen LogP contribution is -2.46. The number of rotatable bonds is 1. The summed E-state index contributed by atoms with van der Waals surface area (Å²) in [6, 6.07) is 0.547. The molecule has 100 valence electrons. The molecule has 4 rings (SSSR count). The van der Waals surface area contributed by atoms with E-state index in [1.54, 1.807) is 6.20 Å². The van der Waals surface area contributed by atoms with E-state index in [9.17, 15) is 0 Å². The highest BCUT2D eigenvalue weighted by Gasteiger charge is 2.54. The third kappa shape index (κ3) is 1.86. The van der Waals surface area contributed by atoms with Crippen LogP contribution >= 0.6 is 11.6 Å². The second-order valence-electron chi connectivity index (χ2n) is 5.36. The summed E-state index contributed by atoms with van der Waals surface area (Å²) < 4.78 is 6.07. The first-order valence-corrected chi connectivity index (χ1v) is 6.82. The summed E-state index contributed by atoms with van der Waals surface area (Å²) in [5.74, 6) is 1.20. The van der Waals surface area contributed by atoms with Crippen molar-refractivity contribution >= 4 is 23.4 Å². The standard InChI is InChI=1S/C12H14ClN5O/c13-9-3-15-10(4-14-9)17-11-16-6-12(19-11)7-18-2-1-8(12)5-18/h3-4,8H,1-2,5-7H2,(H,15,16,17)/t8-,12-/m0/s1. The van der Waals surface area contributed by atoms with E-state index in [1.807, 2.05) is 0 Å². The van der Waals surface area contributed by atoms with Crippen LogP contribution in [0.3, 0.4) is 0 Å². The summed E-state index contributed by atoms with van der Waals surface area (Å²) in [4.78, 5) is 15.0. The summed E-state index contributed by atoms with van der Waals surface area (Å²) >= 11 is 5.70. The fourth-order valence-corrected chi connectivity index (χ4v) is 3.32. The highest BCUT2D eigenvalue weighted by molar-refractivity contribution is 6.29. The van der Waals surface area contributed by atoms with Crippen molar-refractivity contribution in [1.29, 1.82) is 0 Å². The number of fused-ring (bicyclic) bond motifs is 3. The van der Waals surface area contributed by atoms with Crippen molar-refractivity contribution in [2.24, 2.45) is 10.9 Å². The molecule has 2 fully saturated rings. The van der Waals surface area contributed by atoms with Crippen molar-refractivity contribution in [2.75, 3.05) is 31.5 Å². The lowest BCUT2D eigenvalue weighted by molar-refractivity contribution is 0.0364. The van der Waals surface area contributed by atoms with Crippen LogP contribution < -0.4 is 5.32 Å². The molecule has 0 saturated carbocycles. The number of ether oxygens (including phenoxy) is 1. The summed E-state index contributed by atoms with van der Waals surface area (Å²) in [7, 11) is 0. The number of nitrogens with one attached hydrogen (secondary N) is 1. The second kappa shape index (κ2) is 4.05. The van der Waals surface area contributed by atoms with Gasteiger partial charge < -0.3 is 4.74 Å². The van der Waals surface area contributed by atoms with E-state index in [2.05, 4.69) is 25.2 Å². The molecule has 6 nitrogen and oxygen atoms in total. The number of piperidine rings is 1. The Hall–Kier alpha value is -1.40. The molecule has 0 amide bonds. The van der Waals surface area contributed by atoms with Gasteiger partial charge in [0.25, 0.3) is 6.02 Å². The SMILES string of the molecule is Clc1cnc(NC2=NC[C@@]3(CN4CC[C@H]3C4)O2)cn1. The Bertz CT molecular complexity index is 533. The van der Waals surface area contributed by atoms with Gasteiger partial charge in [0, 0.05) is 19.0 Å². The fourth-order valence-electron chi connectivity index (χ4n) is 3.22. The maximum absolute atomic E-state index is 6.07. The average Bonchev–Trinajstić information content (AvgIpc) is 3.09. The Kier molecular flexibility index (Phi) is 2.43. The predicted octanol–water partition coefficient (Wildman–Crippen LogP) is 1.00. The van der Waals surface area contributed by atoms with E-state index in [0.717, 1.165) is 19.6 Å². The van der Waals surface area contributed by atoms with Gasteiger partial charge in [-0.05, 0) is 13.0 Å². The van der Waals surface area contributed by atoms with Crippen LogP contribution in [0.2, 0.25) is 5.15 Å². The summed E-state index contributed by atoms with van der Waals surface area (Å²) in [6.07, 6.45) is 4.28. The van der Waals surface area contributed by atoms with Gasteiger partial charge in [0.1, 0.15) is 10.8 Å². The fraction of sp³-hybridized carbons (Fsp3) is 0.583. The number of aliphatic imine (C=N–C) groups is 1. The first kappa shape index (κ1) is 11.4. The Balaban J connectivity index is 1.46. The van der Waals surface area contributed by atoms with Gasteiger partial charge in [-0.2, -0.15) is 0 Å². The number of hydrogen-bond acceptors (Lipinski definition) is 6. The first-order valence-electron chi connectivity index (χ1n) is 6.44. The van der Waals surface area contributed by atoms with Gasteiger partial charge >= 0.3 is 0 Å². The van der Waals surface area contributed by atoms with Crippen molar-refractivity contribution in [3.63, 3.8) is 0 Å². The molecule has 4 heterocycles. The summed E-state index contributed by atoms with van der Waals surface area (Å²) in [5.41, 5.74) is -0.111. The van der Waals surface area contributed by atoms with Crippen molar-refractivity contribution in [1.82, 2.24) is 14.9 Å². The second-order valence-corrected chi connectivity index (χ2v) is 5.75. The molecule has 7 heteroatoms. The third-order valence-electron chi connectivity index (χ3n) is 4.15. The zero-order valence-electron chi connectivity index (χ0n) is 10.3. The first-order chi connectivity index (χ1) is 9.23. The maximum Gasteiger partial charge on any atom is 0.291 e. The molecule has 1 aromatic rings. The molecular formula is C12H14ClN5O. The molecule has 0 aliphatic carbocycles. The minimum Gasteiger partial charge on any atom is -0.455 e. The molecule has 1 spiro atoms. The number of halogens is 1. The van der Waals surface area contributed by atoms with Gasteiger partial charge in [-0.15, -0.1) is 0 Å². The van der Waals surface area contributed by atoms with Crippen LogP contribution in [0.25, 0.3) is 0 Å². The Morgan fingerprint density at radius 3 is 3.05 bits per heavy atom. The lowest BCUT2D eigenvalue weighted by Gasteiger charge is -2.32. The summed E-state index contributed by atoms with van der Waals surface area (Å²) in [5, 5.41) is 3.43. The zero-order valence-corrected chi connectivity index (χ0v) is 11.1. The third-order valence-corrected chi connectivity index (χ3v) is 4.35. The molecule has 3 atom stereocenters. The quantitative estimate of drug-likeness (QED) is 0.831. The van der Waals surface area contributed by atoms with Crippen LogP contribution in [0.1, 0.15) is 6.42 Å². The van der Waals surface area contributed by atoms with Crippen LogP contribution in [0.4, 0.5) is 5.82 Å². The van der Waals surface area contributed by atoms with Gasteiger partial charge in [-0.3, -0.25) is 10.2 Å². The van der Waals surface area contributed by atoms with E-state index in [-0.39, 0.29) is 5.60 Å². The predicted molar refractivity (Wildman–Crippen MR) is 71.3 cm³/mol. The number of aromatic nitrogens is 2. The van der Waals surface area contributed by atoms with Crippen molar-refractivity contribution in [2.45, 2.75) is 12.0 Å².